The van der Waals surface area contributed by atoms with E-state index in [1.54, 1.807) is 29.7 Å². The van der Waals surface area contributed by atoms with Crippen LogP contribution in [0.2, 0.25) is 0 Å². The molecule has 0 saturated carbocycles. The van der Waals surface area contributed by atoms with Gasteiger partial charge in [-0.05, 0) is 29.1 Å². The summed E-state index contributed by atoms with van der Waals surface area (Å²) in [5.74, 6) is -0.146. The first-order chi connectivity index (χ1) is 12.6. The predicted molar refractivity (Wildman–Crippen MR) is 98.1 cm³/mol. The van der Waals surface area contributed by atoms with E-state index >= 15 is 0 Å². The van der Waals surface area contributed by atoms with Crippen LogP contribution in [0.1, 0.15) is 21.5 Å². The van der Waals surface area contributed by atoms with Crippen molar-refractivity contribution in [3.63, 3.8) is 0 Å². The van der Waals surface area contributed by atoms with Crippen molar-refractivity contribution in [2.24, 2.45) is 0 Å². The van der Waals surface area contributed by atoms with Gasteiger partial charge in [-0.25, -0.2) is 10.5 Å². The summed E-state index contributed by atoms with van der Waals surface area (Å²) in [4.78, 5) is 31.4. The van der Waals surface area contributed by atoms with Gasteiger partial charge in [0.25, 0.3) is 11.5 Å². The summed E-state index contributed by atoms with van der Waals surface area (Å²) >= 11 is 2.68. The summed E-state index contributed by atoms with van der Waals surface area (Å²) in [7, 11) is 0. The molecule has 0 bridgehead atoms. The maximum Gasteiger partial charge on any atom is 0.274 e. The Morgan fingerprint density at radius 2 is 2.23 bits per heavy atom. The third kappa shape index (κ3) is 3.83. The smallest absolute Gasteiger partial charge is 0.274 e. The van der Waals surface area contributed by atoms with E-state index in [9.17, 15) is 14.9 Å². The lowest BCUT2D eigenvalue weighted by Gasteiger charge is -2.06. The summed E-state index contributed by atoms with van der Waals surface area (Å²) in [5, 5.41) is 20.2. The van der Waals surface area contributed by atoms with Crippen LogP contribution < -0.4 is 11.0 Å². The second-order valence-corrected chi connectivity index (χ2v) is 7.03. The van der Waals surface area contributed by atoms with Gasteiger partial charge in [-0.2, -0.15) is 5.26 Å². The number of hydrogen-bond acceptors (Lipinski definition) is 7. The Hall–Kier alpha value is -2.93. The predicted octanol–water partition coefficient (Wildman–Crippen LogP) is 2.78. The number of benzene rings is 1. The number of aromatic amines is 1. The third-order valence-corrected chi connectivity index (χ3v) is 5.25. The summed E-state index contributed by atoms with van der Waals surface area (Å²) in [6.07, 6.45) is 0. The van der Waals surface area contributed by atoms with Crippen LogP contribution in [0.4, 0.5) is 0 Å². The fourth-order valence-electron chi connectivity index (χ4n) is 2.23. The van der Waals surface area contributed by atoms with Gasteiger partial charge in [0.15, 0.2) is 5.16 Å². The van der Waals surface area contributed by atoms with Crippen molar-refractivity contribution in [3.8, 4) is 16.6 Å². The normalized spacial score (nSPS) is 10.3. The number of amides is 1. The van der Waals surface area contributed by atoms with Crippen molar-refractivity contribution in [3.05, 3.63) is 68.8 Å². The number of nitrogens with zero attached hydrogens (tertiary/aromatic N) is 2. The number of nitrogens with one attached hydrogen (secondary N) is 2. The molecule has 0 aliphatic rings. The van der Waals surface area contributed by atoms with Gasteiger partial charge in [-0.3, -0.25) is 14.8 Å². The van der Waals surface area contributed by atoms with Crippen LogP contribution in [0, 0.1) is 11.3 Å². The standard InChI is InChI=1S/C17H12N4O3S2/c18-8-12-14(13-5-2-6-25-13)19-17(20-16(12)23)26-9-10-3-1-4-11(7-10)15(22)21-24/h1-7,24H,9H2,(H,21,22)(H,19,20,23). The molecular formula is C17H12N4O3S2. The van der Waals surface area contributed by atoms with Crippen molar-refractivity contribution < 1.29 is 10.0 Å². The largest absolute Gasteiger partial charge is 0.300 e. The van der Waals surface area contributed by atoms with Crippen LogP contribution in [-0.4, -0.2) is 21.1 Å². The number of carbonyl (C=O) groups is 1. The molecule has 0 aliphatic carbocycles. The summed E-state index contributed by atoms with van der Waals surface area (Å²) in [5.41, 5.74) is 2.60. The van der Waals surface area contributed by atoms with Crippen molar-refractivity contribution in [1.29, 1.82) is 5.26 Å². The van der Waals surface area contributed by atoms with E-state index < -0.39 is 11.5 Å². The van der Waals surface area contributed by atoms with Gasteiger partial charge in [-0.1, -0.05) is 30.0 Å². The number of thiophene rings is 1. The second kappa shape index (κ2) is 7.97. The lowest BCUT2D eigenvalue weighted by atomic mass is 10.1. The van der Waals surface area contributed by atoms with E-state index in [-0.39, 0.29) is 5.56 Å². The molecule has 26 heavy (non-hydrogen) atoms. The van der Waals surface area contributed by atoms with Gasteiger partial charge < -0.3 is 4.98 Å². The van der Waals surface area contributed by atoms with Gasteiger partial charge in [0.2, 0.25) is 0 Å². The summed E-state index contributed by atoms with van der Waals surface area (Å²) in [6.45, 7) is 0. The molecule has 130 valence electrons. The Labute approximate surface area is 156 Å². The second-order valence-electron chi connectivity index (χ2n) is 5.11. The van der Waals surface area contributed by atoms with Crippen LogP contribution >= 0.6 is 23.1 Å². The molecule has 0 spiro atoms. The van der Waals surface area contributed by atoms with Crippen molar-refractivity contribution in [2.75, 3.05) is 0 Å². The van der Waals surface area contributed by atoms with Gasteiger partial charge in [0.1, 0.15) is 17.3 Å². The minimum absolute atomic E-state index is 0.0154. The minimum atomic E-state index is -0.596. The molecule has 3 N–H and O–H groups in total. The molecule has 0 atom stereocenters. The number of thioether (sulfide) groups is 1. The number of hydroxylamine groups is 1. The zero-order valence-electron chi connectivity index (χ0n) is 13.2. The zero-order chi connectivity index (χ0) is 18.5. The summed E-state index contributed by atoms with van der Waals surface area (Å²) in [6, 6.07) is 12.3. The quantitative estimate of drug-likeness (QED) is 0.269. The molecule has 0 radical (unpaired) electrons. The first kappa shape index (κ1) is 17.9. The van der Waals surface area contributed by atoms with Crippen LogP contribution in [-0.2, 0) is 5.75 Å². The number of nitriles is 1. The van der Waals surface area contributed by atoms with Crippen LogP contribution in [0.5, 0.6) is 0 Å². The Balaban J connectivity index is 1.86. The average Bonchev–Trinajstić information content (AvgIpc) is 3.20. The average molecular weight is 384 g/mol. The van der Waals surface area contributed by atoms with E-state index in [4.69, 9.17) is 5.21 Å². The van der Waals surface area contributed by atoms with Gasteiger partial charge in [0.05, 0.1) is 4.88 Å². The first-order valence-electron chi connectivity index (χ1n) is 7.37. The van der Waals surface area contributed by atoms with Gasteiger partial charge in [-0.15, -0.1) is 11.3 Å². The highest BCUT2D eigenvalue weighted by Gasteiger charge is 2.14. The maximum atomic E-state index is 12.2. The van der Waals surface area contributed by atoms with E-state index in [1.165, 1.54) is 23.1 Å². The highest BCUT2D eigenvalue weighted by Crippen LogP contribution is 2.27. The van der Waals surface area contributed by atoms with E-state index in [2.05, 4.69) is 9.97 Å². The Bertz CT molecular complexity index is 1040. The fourth-order valence-corrected chi connectivity index (χ4v) is 3.76. The monoisotopic (exact) mass is 384 g/mol. The highest BCUT2D eigenvalue weighted by atomic mass is 32.2. The molecule has 1 aromatic carbocycles. The molecule has 7 nitrogen and oxygen atoms in total. The number of H-pyrrole nitrogens is 1. The molecule has 1 amide bonds. The van der Waals surface area contributed by atoms with E-state index in [0.29, 0.717) is 22.2 Å². The molecule has 0 saturated heterocycles. The Morgan fingerprint density at radius 3 is 2.92 bits per heavy atom. The van der Waals surface area contributed by atoms with E-state index in [0.717, 1.165) is 10.4 Å². The van der Waals surface area contributed by atoms with Crippen molar-refractivity contribution in [1.82, 2.24) is 15.4 Å². The molecule has 9 heteroatoms. The lowest BCUT2D eigenvalue weighted by molar-refractivity contribution is 0.0706. The molecule has 3 aromatic rings. The number of rotatable bonds is 5. The van der Waals surface area contributed by atoms with Crippen molar-refractivity contribution >= 4 is 29.0 Å². The summed E-state index contributed by atoms with van der Waals surface area (Å²) < 4.78 is 0. The first-order valence-corrected chi connectivity index (χ1v) is 9.23. The van der Waals surface area contributed by atoms with Gasteiger partial charge >= 0.3 is 0 Å². The maximum absolute atomic E-state index is 12.2. The number of hydrogen-bond donors (Lipinski definition) is 3. The molecule has 0 unspecified atom stereocenters. The van der Waals surface area contributed by atoms with Crippen LogP contribution in [0.25, 0.3) is 10.6 Å². The lowest BCUT2D eigenvalue weighted by Crippen LogP contribution is -2.18. The minimum Gasteiger partial charge on any atom is -0.300 e. The molecule has 2 aromatic heterocycles. The zero-order valence-corrected chi connectivity index (χ0v) is 14.9. The van der Waals surface area contributed by atoms with Crippen molar-refractivity contribution in [2.45, 2.75) is 10.9 Å². The fraction of sp³-hybridized carbons (Fsp3) is 0.0588. The number of carbonyl (C=O) groups excluding carboxylic acids is 1. The molecule has 3 rings (SSSR count). The Morgan fingerprint density at radius 1 is 1.38 bits per heavy atom. The molecule has 2 heterocycles. The molecule has 0 aliphatic heterocycles. The Kier molecular flexibility index (Phi) is 5.48. The van der Waals surface area contributed by atoms with Crippen LogP contribution in [0.3, 0.4) is 0 Å². The third-order valence-electron chi connectivity index (χ3n) is 3.43. The van der Waals surface area contributed by atoms with Crippen LogP contribution in [0.15, 0.2) is 51.7 Å². The SMILES string of the molecule is N#Cc1c(-c2cccs2)nc(SCc2cccc(C(=O)NO)c2)[nH]c1=O. The number of aromatic nitrogens is 2. The van der Waals surface area contributed by atoms with E-state index in [1.807, 2.05) is 23.6 Å². The highest BCUT2D eigenvalue weighted by molar-refractivity contribution is 7.98. The molecule has 0 fully saturated rings. The van der Waals surface area contributed by atoms with Gasteiger partial charge in [0, 0.05) is 11.3 Å². The topological polar surface area (TPSA) is 119 Å². The molecular weight excluding hydrogens is 372 g/mol.